The highest BCUT2D eigenvalue weighted by molar-refractivity contribution is 7.84. The molecule has 2 heterocycles. The lowest BCUT2D eigenvalue weighted by Gasteiger charge is -2.01. The molecule has 0 radical (unpaired) electrons. The lowest BCUT2D eigenvalue weighted by Crippen LogP contribution is -2.20. The van der Waals surface area contributed by atoms with Crippen LogP contribution in [0.15, 0.2) is 21.9 Å². The van der Waals surface area contributed by atoms with Gasteiger partial charge in [-0.1, -0.05) is 0 Å². The van der Waals surface area contributed by atoms with Crippen molar-refractivity contribution in [2.24, 2.45) is 0 Å². The Labute approximate surface area is 154 Å². The minimum Gasteiger partial charge on any atom is -0.475 e. The zero-order chi connectivity index (χ0) is 19.1. The largest absolute Gasteiger partial charge is 0.475 e. The first kappa shape index (κ1) is 19.8. The number of carbonyl (C=O) groups is 3. The van der Waals surface area contributed by atoms with E-state index in [-0.39, 0.29) is 41.2 Å². The Kier molecular flexibility index (Phi) is 7.04. The van der Waals surface area contributed by atoms with Crippen molar-refractivity contribution in [1.29, 1.82) is 0 Å². The summed E-state index contributed by atoms with van der Waals surface area (Å²) < 4.78 is 21.8. The fraction of sp³-hybridized carbons (Fsp3) is 0.333. The molecular formula is C15H16N2O7S2. The van der Waals surface area contributed by atoms with Gasteiger partial charge in [0.15, 0.2) is 5.13 Å². The molecule has 11 heteroatoms. The van der Waals surface area contributed by atoms with Crippen LogP contribution in [0.3, 0.4) is 0 Å². The topological polar surface area (TPSA) is 136 Å². The van der Waals surface area contributed by atoms with Crippen molar-refractivity contribution >= 4 is 45.1 Å². The number of aromatic nitrogens is 1. The summed E-state index contributed by atoms with van der Waals surface area (Å²) in [5, 5.41) is 13.2. The number of thiazole rings is 1. The zero-order valence-corrected chi connectivity index (χ0v) is 15.4. The molecule has 140 valence electrons. The first-order chi connectivity index (χ1) is 12.4. The molecule has 0 saturated carbocycles. The molecule has 1 amide bonds. The Hall–Kier alpha value is -2.53. The summed E-state index contributed by atoms with van der Waals surface area (Å²) in [6, 6.07) is 2.66. The third-order valence-electron chi connectivity index (χ3n) is 2.90. The van der Waals surface area contributed by atoms with Gasteiger partial charge in [0.25, 0.3) is 0 Å². The van der Waals surface area contributed by atoms with Gasteiger partial charge in [-0.15, -0.1) is 11.3 Å². The number of nitrogens with zero attached hydrogens (tertiary/aromatic N) is 1. The predicted octanol–water partition coefficient (Wildman–Crippen LogP) is 1.43. The molecule has 1 unspecified atom stereocenters. The van der Waals surface area contributed by atoms with Crippen LogP contribution in [-0.2, 0) is 37.3 Å². The van der Waals surface area contributed by atoms with Gasteiger partial charge in [-0.2, -0.15) is 0 Å². The van der Waals surface area contributed by atoms with Crippen molar-refractivity contribution in [3.05, 3.63) is 34.7 Å². The van der Waals surface area contributed by atoms with E-state index in [4.69, 9.17) is 14.3 Å². The highest BCUT2D eigenvalue weighted by Crippen LogP contribution is 2.16. The van der Waals surface area contributed by atoms with Crippen LogP contribution in [0.5, 0.6) is 0 Å². The third kappa shape index (κ3) is 6.08. The molecule has 26 heavy (non-hydrogen) atoms. The van der Waals surface area contributed by atoms with Crippen molar-refractivity contribution in [3.8, 4) is 0 Å². The third-order valence-corrected chi connectivity index (χ3v) is 4.89. The number of rotatable bonds is 9. The molecule has 0 aliphatic heterocycles. The Morgan fingerprint density at radius 1 is 1.38 bits per heavy atom. The van der Waals surface area contributed by atoms with E-state index < -0.39 is 28.6 Å². The van der Waals surface area contributed by atoms with Crippen molar-refractivity contribution in [3.63, 3.8) is 0 Å². The van der Waals surface area contributed by atoms with Gasteiger partial charge < -0.3 is 19.6 Å². The van der Waals surface area contributed by atoms with Gasteiger partial charge in [-0.3, -0.25) is 13.8 Å². The molecule has 1 atom stereocenters. The Bertz CT molecular complexity index is 828. The first-order valence-corrected chi connectivity index (χ1v) is 9.81. The van der Waals surface area contributed by atoms with Gasteiger partial charge in [0.2, 0.25) is 11.7 Å². The van der Waals surface area contributed by atoms with Crippen LogP contribution < -0.4 is 5.32 Å². The van der Waals surface area contributed by atoms with Crippen molar-refractivity contribution in [1.82, 2.24) is 4.98 Å². The fourth-order valence-corrected chi connectivity index (χ4v) is 3.55. The number of furan rings is 1. The SMILES string of the molecule is CCOC(=O)Cc1csc(NC(=O)CS(=O)Cc2ccc(C(=O)O)o2)n1. The van der Waals surface area contributed by atoms with E-state index in [0.29, 0.717) is 5.69 Å². The lowest BCUT2D eigenvalue weighted by molar-refractivity contribution is -0.142. The summed E-state index contributed by atoms with van der Waals surface area (Å²) in [5.41, 5.74) is 0.474. The second kappa shape index (κ2) is 9.25. The number of ether oxygens (including phenoxy) is 1. The molecule has 0 spiro atoms. The average molecular weight is 400 g/mol. The van der Waals surface area contributed by atoms with Crippen LogP contribution in [0.25, 0.3) is 0 Å². The van der Waals surface area contributed by atoms with E-state index in [9.17, 15) is 18.6 Å². The minimum atomic E-state index is -1.58. The molecule has 2 rings (SSSR count). The summed E-state index contributed by atoms with van der Waals surface area (Å²) in [4.78, 5) is 38.1. The average Bonchev–Trinajstić information content (AvgIpc) is 3.17. The minimum absolute atomic E-state index is 0.0105. The highest BCUT2D eigenvalue weighted by Gasteiger charge is 2.15. The number of carbonyl (C=O) groups excluding carboxylic acids is 2. The van der Waals surface area contributed by atoms with Gasteiger partial charge in [0, 0.05) is 16.2 Å². The highest BCUT2D eigenvalue weighted by atomic mass is 32.2. The number of nitrogens with one attached hydrogen (secondary N) is 1. The van der Waals surface area contributed by atoms with E-state index in [1.807, 2.05) is 0 Å². The summed E-state index contributed by atoms with van der Waals surface area (Å²) in [5.74, 6) is -2.54. The maximum Gasteiger partial charge on any atom is 0.371 e. The van der Waals surface area contributed by atoms with Crippen LogP contribution in [0.2, 0.25) is 0 Å². The van der Waals surface area contributed by atoms with Gasteiger partial charge in [-0.05, 0) is 19.1 Å². The smallest absolute Gasteiger partial charge is 0.371 e. The molecule has 9 nitrogen and oxygen atoms in total. The van der Waals surface area contributed by atoms with Gasteiger partial charge in [0.05, 0.1) is 24.5 Å². The lowest BCUT2D eigenvalue weighted by atomic mass is 10.3. The van der Waals surface area contributed by atoms with E-state index >= 15 is 0 Å². The molecule has 2 aromatic heterocycles. The second-order valence-electron chi connectivity index (χ2n) is 4.97. The molecule has 2 N–H and O–H groups in total. The van der Waals surface area contributed by atoms with Crippen LogP contribution in [-0.4, -0.2) is 44.5 Å². The number of esters is 1. The van der Waals surface area contributed by atoms with Crippen molar-refractivity contribution < 1.29 is 32.9 Å². The summed E-state index contributed by atoms with van der Waals surface area (Å²) >= 11 is 1.14. The van der Waals surface area contributed by atoms with E-state index in [1.165, 1.54) is 12.1 Å². The second-order valence-corrected chi connectivity index (χ2v) is 7.29. The standard InChI is InChI=1S/C15H16N2O7S2/c1-2-23-13(19)5-9-6-25-15(16-9)17-12(18)8-26(22)7-10-3-4-11(24-10)14(20)21/h3-4,6H,2,5,7-8H2,1H3,(H,20,21)(H,16,17,18). The molecule has 0 aliphatic carbocycles. The number of hydrogen-bond donors (Lipinski definition) is 2. The molecule has 0 aromatic carbocycles. The molecule has 0 bridgehead atoms. The molecule has 0 aliphatic rings. The Balaban J connectivity index is 1.82. The van der Waals surface area contributed by atoms with Crippen molar-refractivity contribution in [2.75, 3.05) is 17.7 Å². The number of carboxylic acids is 1. The van der Waals surface area contributed by atoms with Crippen LogP contribution >= 0.6 is 11.3 Å². The van der Waals surface area contributed by atoms with Crippen LogP contribution in [0, 0.1) is 0 Å². The number of hydrogen-bond acceptors (Lipinski definition) is 8. The zero-order valence-electron chi connectivity index (χ0n) is 13.7. The molecule has 0 fully saturated rings. The summed E-state index contributed by atoms with van der Waals surface area (Å²) in [6.07, 6.45) is 0.0105. The summed E-state index contributed by atoms with van der Waals surface area (Å²) in [7, 11) is -1.58. The normalized spacial score (nSPS) is 11.7. The van der Waals surface area contributed by atoms with Crippen molar-refractivity contribution in [2.45, 2.75) is 19.1 Å². The van der Waals surface area contributed by atoms with E-state index in [1.54, 1.807) is 12.3 Å². The molecular weight excluding hydrogens is 384 g/mol. The predicted molar refractivity (Wildman–Crippen MR) is 93.5 cm³/mol. The van der Waals surface area contributed by atoms with Gasteiger partial charge >= 0.3 is 11.9 Å². The molecule has 0 saturated heterocycles. The van der Waals surface area contributed by atoms with Crippen LogP contribution in [0.1, 0.15) is 28.9 Å². The monoisotopic (exact) mass is 400 g/mol. The number of carboxylic acid groups (broad SMARTS) is 1. The van der Waals surface area contributed by atoms with E-state index in [0.717, 1.165) is 11.3 Å². The summed E-state index contributed by atoms with van der Waals surface area (Å²) in [6.45, 7) is 1.98. The van der Waals surface area contributed by atoms with Crippen LogP contribution in [0.4, 0.5) is 5.13 Å². The Morgan fingerprint density at radius 3 is 2.81 bits per heavy atom. The fourth-order valence-electron chi connectivity index (χ4n) is 1.89. The number of amides is 1. The van der Waals surface area contributed by atoms with E-state index in [2.05, 4.69) is 10.3 Å². The number of aromatic carboxylic acids is 1. The van der Waals surface area contributed by atoms with Gasteiger partial charge in [0.1, 0.15) is 11.5 Å². The molecule has 2 aromatic rings. The Morgan fingerprint density at radius 2 is 2.15 bits per heavy atom. The van der Waals surface area contributed by atoms with Gasteiger partial charge in [-0.25, -0.2) is 9.78 Å². The first-order valence-electron chi connectivity index (χ1n) is 7.44. The maximum absolute atomic E-state index is 12.0. The quantitative estimate of drug-likeness (QED) is 0.603. The maximum atomic E-state index is 12.0. The number of anilines is 1.